The monoisotopic (exact) mass is 334 g/mol. The second-order valence-corrected chi connectivity index (χ2v) is 6.87. The molecule has 18 heavy (non-hydrogen) atoms. The van der Waals surface area contributed by atoms with Gasteiger partial charge in [-0.3, -0.25) is 0 Å². The average molecular weight is 335 g/mol. The van der Waals surface area contributed by atoms with E-state index in [9.17, 15) is 8.42 Å². The molecule has 0 spiro atoms. The van der Waals surface area contributed by atoms with Crippen molar-refractivity contribution in [2.75, 3.05) is 12.3 Å². The minimum absolute atomic E-state index is 0.0935. The summed E-state index contributed by atoms with van der Waals surface area (Å²) in [6, 6.07) is 4.56. The lowest BCUT2D eigenvalue weighted by Gasteiger charge is -2.17. The molecule has 2 atom stereocenters. The number of hydrogen-bond donors (Lipinski definition) is 2. The van der Waals surface area contributed by atoms with Crippen LogP contribution in [-0.4, -0.2) is 27.2 Å². The van der Waals surface area contributed by atoms with Gasteiger partial charge in [-0.05, 0) is 31.5 Å². The smallest absolute Gasteiger partial charge is 0.242 e. The lowest BCUT2D eigenvalue weighted by atomic mass is 10.2. The maximum Gasteiger partial charge on any atom is 0.242 e. The molecule has 100 valence electrons. The minimum atomic E-state index is -3.61. The molecule has 1 aliphatic heterocycles. The van der Waals surface area contributed by atoms with Crippen LogP contribution in [0.2, 0.25) is 0 Å². The van der Waals surface area contributed by atoms with E-state index in [2.05, 4.69) is 20.7 Å². The van der Waals surface area contributed by atoms with Crippen LogP contribution in [0, 0.1) is 0 Å². The number of ether oxygens (including phenoxy) is 1. The standard InChI is InChI=1S/C11H15BrN2O3S/c1-7-10(4-5-17-7)14-18(15,16)11-6-8(12)2-3-9(11)13/h2-3,6-7,10,14H,4-5,13H2,1H3. The molecule has 7 heteroatoms. The van der Waals surface area contributed by atoms with E-state index in [0.717, 1.165) is 0 Å². The molecule has 0 aliphatic carbocycles. The maximum absolute atomic E-state index is 12.2. The van der Waals surface area contributed by atoms with E-state index in [1.165, 1.54) is 6.07 Å². The molecule has 0 amide bonds. The zero-order valence-electron chi connectivity index (χ0n) is 9.89. The molecule has 1 aromatic carbocycles. The summed E-state index contributed by atoms with van der Waals surface area (Å²) in [4.78, 5) is 0.0935. The van der Waals surface area contributed by atoms with Gasteiger partial charge in [0.2, 0.25) is 10.0 Å². The lowest BCUT2D eigenvalue weighted by molar-refractivity contribution is 0.117. The Balaban J connectivity index is 2.28. The van der Waals surface area contributed by atoms with Crippen molar-refractivity contribution in [2.45, 2.75) is 30.4 Å². The highest BCUT2D eigenvalue weighted by atomic mass is 79.9. The van der Waals surface area contributed by atoms with Gasteiger partial charge in [0.25, 0.3) is 0 Å². The van der Waals surface area contributed by atoms with Crippen molar-refractivity contribution in [1.82, 2.24) is 4.72 Å². The molecule has 0 bridgehead atoms. The van der Waals surface area contributed by atoms with Crippen molar-refractivity contribution in [2.24, 2.45) is 0 Å². The van der Waals surface area contributed by atoms with E-state index < -0.39 is 10.0 Å². The third-order valence-electron chi connectivity index (χ3n) is 2.95. The highest BCUT2D eigenvalue weighted by molar-refractivity contribution is 9.10. The first-order valence-corrected chi connectivity index (χ1v) is 7.87. The molecular weight excluding hydrogens is 320 g/mol. The van der Waals surface area contributed by atoms with Gasteiger partial charge in [-0.25, -0.2) is 13.1 Å². The molecule has 1 heterocycles. The van der Waals surface area contributed by atoms with Crippen LogP contribution in [-0.2, 0) is 14.8 Å². The highest BCUT2D eigenvalue weighted by Gasteiger charge is 2.30. The zero-order chi connectivity index (χ0) is 13.3. The number of benzene rings is 1. The first-order chi connectivity index (χ1) is 8.40. The fraction of sp³-hybridized carbons (Fsp3) is 0.455. The number of nitrogens with two attached hydrogens (primary N) is 1. The zero-order valence-corrected chi connectivity index (χ0v) is 12.3. The molecule has 5 nitrogen and oxygen atoms in total. The Kier molecular flexibility index (Phi) is 3.96. The summed E-state index contributed by atoms with van der Waals surface area (Å²) in [7, 11) is -3.61. The number of anilines is 1. The summed E-state index contributed by atoms with van der Waals surface area (Å²) >= 11 is 3.24. The summed E-state index contributed by atoms with van der Waals surface area (Å²) < 4.78 is 33.1. The summed E-state index contributed by atoms with van der Waals surface area (Å²) in [5.41, 5.74) is 5.95. The Hall–Kier alpha value is -0.630. The quantitative estimate of drug-likeness (QED) is 0.820. The largest absolute Gasteiger partial charge is 0.398 e. The number of rotatable bonds is 3. The molecule has 1 fully saturated rings. The van der Waals surface area contributed by atoms with E-state index in [0.29, 0.717) is 17.5 Å². The van der Waals surface area contributed by atoms with Gasteiger partial charge in [0, 0.05) is 11.1 Å². The fourth-order valence-corrected chi connectivity index (χ4v) is 3.90. The predicted molar refractivity (Wildman–Crippen MR) is 72.7 cm³/mol. The van der Waals surface area contributed by atoms with Crippen molar-refractivity contribution in [3.05, 3.63) is 22.7 Å². The van der Waals surface area contributed by atoms with Crippen molar-refractivity contribution in [3.8, 4) is 0 Å². The van der Waals surface area contributed by atoms with Crippen molar-refractivity contribution >= 4 is 31.6 Å². The van der Waals surface area contributed by atoms with Gasteiger partial charge in [-0.15, -0.1) is 0 Å². The van der Waals surface area contributed by atoms with E-state index in [1.807, 2.05) is 6.92 Å². The molecule has 1 saturated heterocycles. The van der Waals surface area contributed by atoms with E-state index in [-0.39, 0.29) is 22.7 Å². The Labute approximate surface area is 115 Å². The van der Waals surface area contributed by atoms with Crippen molar-refractivity contribution in [1.29, 1.82) is 0 Å². The Morgan fingerprint density at radius 2 is 2.22 bits per heavy atom. The van der Waals surface area contributed by atoms with Crippen LogP contribution < -0.4 is 10.5 Å². The topological polar surface area (TPSA) is 81.4 Å². The van der Waals surface area contributed by atoms with Crippen LogP contribution in [0.4, 0.5) is 5.69 Å². The number of nitrogens with one attached hydrogen (secondary N) is 1. The highest BCUT2D eigenvalue weighted by Crippen LogP contribution is 2.24. The molecule has 3 N–H and O–H groups in total. The summed E-state index contributed by atoms with van der Waals surface area (Å²) in [6.07, 6.45) is 0.557. The Morgan fingerprint density at radius 3 is 2.83 bits per heavy atom. The van der Waals surface area contributed by atoms with Crippen molar-refractivity contribution < 1.29 is 13.2 Å². The molecule has 0 radical (unpaired) electrons. The van der Waals surface area contributed by atoms with Crippen LogP contribution in [0.25, 0.3) is 0 Å². The van der Waals surface area contributed by atoms with Gasteiger partial charge in [-0.2, -0.15) is 0 Å². The van der Waals surface area contributed by atoms with Gasteiger partial charge in [0.05, 0.1) is 17.8 Å². The number of nitrogen functional groups attached to an aromatic ring is 1. The SMILES string of the molecule is CC1OCCC1NS(=O)(=O)c1cc(Br)ccc1N. The van der Waals surface area contributed by atoms with Gasteiger partial charge in [0.1, 0.15) is 4.90 Å². The first kappa shape index (κ1) is 13.8. The lowest BCUT2D eigenvalue weighted by Crippen LogP contribution is -2.39. The predicted octanol–water partition coefficient (Wildman–Crippen LogP) is 1.49. The van der Waals surface area contributed by atoms with E-state index >= 15 is 0 Å². The van der Waals surface area contributed by atoms with Crippen LogP contribution in [0.1, 0.15) is 13.3 Å². The molecule has 1 aliphatic rings. The van der Waals surface area contributed by atoms with Gasteiger partial charge in [-0.1, -0.05) is 15.9 Å². The number of hydrogen-bond acceptors (Lipinski definition) is 4. The van der Waals surface area contributed by atoms with Gasteiger partial charge >= 0.3 is 0 Å². The Bertz CT molecular complexity index is 547. The molecule has 1 aromatic rings. The average Bonchev–Trinajstić information content (AvgIpc) is 2.67. The fourth-order valence-electron chi connectivity index (χ4n) is 1.89. The molecular formula is C11H15BrN2O3S. The molecule has 0 saturated carbocycles. The second-order valence-electron chi connectivity index (χ2n) is 4.27. The Morgan fingerprint density at radius 1 is 1.50 bits per heavy atom. The van der Waals surface area contributed by atoms with Crippen molar-refractivity contribution in [3.63, 3.8) is 0 Å². The number of halogens is 1. The third kappa shape index (κ3) is 2.85. The van der Waals surface area contributed by atoms with E-state index in [4.69, 9.17) is 10.5 Å². The van der Waals surface area contributed by atoms with Crippen LogP contribution in [0.5, 0.6) is 0 Å². The summed E-state index contributed by atoms with van der Waals surface area (Å²) in [5.74, 6) is 0. The van der Waals surface area contributed by atoms with Gasteiger partial charge < -0.3 is 10.5 Å². The second kappa shape index (κ2) is 5.16. The van der Waals surface area contributed by atoms with Crippen LogP contribution >= 0.6 is 15.9 Å². The number of sulfonamides is 1. The van der Waals surface area contributed by atoms with E-state index in [1.54, 1.807) is 12.1 Å². The minimum Gasteiger partial charge on any atom is -0.398 e. The molecule has 2 unspecified atom stereocenters. The normalized spacial score (nSPS) is 24.3. The summed E-state index contributed by atoms with van der Waals surface area (Å²) in [5, 5.41) is 0. The third-order valence-corrected chi connectivity index (χ3v) is 4.99. The maximum atomic E-state index is 12.2. The summed E-state index contributed by atoms with van der Waals surface area (Å²) in [6.45, 7) is 2.42. The first-order valence-electron chi connectivity index (χ1n) is 5.59. The van der Waals surface area contributed by atoms with Gasteiger partial charge in [0.15, 0.2) is 0 Å². The molecule has 2 rings (SSSR count). The molecule has 0 aromatic heterocycles. The van der Waals surface area contributed by atoms with Crippen LogP contribution in [0.15, 0.2) is 27.6 Å². The van der Waals surface area contributed by atoms with Crippen LogP contribution in [0.3, 0.4) is 0 Å².